The molecule has 1 aromatic heterocycles. The normalized spacial score (nSPS) is 11.3. The number of hydrogen-bond acceptors (Lipinski definition) is 6. The highest BCUT2D eigenvalue weighted by atomic mass is 32.2. The van der Waals surface area contributed by atoms with Gasteiger partial charge in [-0.1, -0.05) is 41.6 Å². The van der Waals surface area contributed by atoms with E-state index >= 15 is 0 Å². The molecule has 6 nitrogen and oxygen atoms in total. The molecule has 0 saturated carbocycles. The molecule has 162 valence electrons. The van der Waals surface area contributed by atoms with Crippen molar-refractivity contribution in [2.45, 2.75) is 36.6 Å². The van der Waals surface area contributed by atoms with E-state index in [1.165, 1.54) is 6.07 Å². The number of ether oxygens (including phenoxy) is 1. The van der Waals surface area contributed by atoms with Gasteiger partial charge in [-0.15, -0.1) is 10.2 Å². The predicted octanol–water partition coefficient (Wildman–Crippen LogP) is 4.48. The molecule has 0 radical (unpaired) electrons. The molecule has 1 heterocycles. The maximum absolute atomic E-state index is 14.8. The van der Waals surface area contributed by atoms with Gasteiger partial charge in [-0.25, -0.2) is 4.98 Å². The van der Waals surface area contributed by atoms with Crippen LogP contribution in [0.3, 0.4) is 0 Å². The first-order valence-corrected chi connectivity index (χ1v) is 10.3. The second-order valence-corrected chi connectivity index (χ2v) is 8.06. The summed E-state index contributed by atoms with van der Waals surface area (Å²) >= 11 is 1.15. The van der Waals surface area contributed by atoms with Crippen LogP contribution in [0.2, 0.25) is 0 Å². The molecule has 0 saturated heterocycles. The first-order valence-electron chi connectivity index (χ1n) is 9.46. The number of rotatable bonds is 7. The van der Waals surface area contributed by atoms with Gasteiger partial charge < -0.3 is 10.1 Å². The first kappa shape index (κ1) is 22.6. The summed E-state index contributed by atoms with van der Waals surface area (Å²) in [7, 11) is 1.55. The van der Waals surface area contributed by atoms with Gasteiger partial charge in [-0.05, 0) is 44.5 Å². The lowest BCUT2D eigenvalue weighted by atomic mass is 10.0. The van der Waals surface area contributed by atoms with E-state index in [9.17, 15) is 13.6 Å². The maximum atomic E-state index is 14.8. The molecule has 3 aromatic rings. The lowest BCUT2D eigenvalue weighted by molar-refractivity contribution is -0.00316. The number of nitrogens with one attached hydrogen (secondary N) is 1. The lowest BCUT2D eigenvalue weighted by Gasteiger charge is -2.20. The average Bonchev–Trinajstić information content (AvgIpc) is 2.73. The van der Waals surface area contributed by atoms with Crippen LogP contribution in [0.4, 0.5) is 8.78 Å². The number of aromatic nitrogens is 3. The fourth-order valence-corrected chi connectivity index (χ4v) is 3.85. The van der Waals surface area contributed by atoms with Crippen molar-refractivity contribution in [3.8, 4) is 5.75 Å². The van der Waals surface area contributed by atoms with E-state index in [1.54, 1.807) is 51.3 Å². The molecule has 0 spiro atoms. The van der Waals surface area contributed by atoms with E-state index in [-0.39, 0.29) is 22.1 Å². The molecular formula is C22H22F2N4O2S. The van der Waals surface area contributed by atoms with Gasteiger partial charge in [0.15, 0.2) is 10.7 Å². The zero-order chi connectivity index (χ0) is 22.6. The molecule has 0 unspecified atom stereocenters. The quantitative estimate of drug-likeness (QED) is 0.579. The van der Waals surface area contributed by atoms with E-state index < -0.39 is 18.4 Å². The number of methoxy groups -OCH3 is 1. The van der Waals surface area contributed by atoms with Crippen LogP contribution in [0.15, 0.2) is 52.4 Å². The van der Waals surface area contributed by atoms with Gasteiger partial charge in [0, 0.05) is 10.5 Å². The molecule has 0 bridgehead atoms. The van der Waals surface area contributed by atoms with E-state index in [0.29, 0.717) is 11.3 Å². The lowest BCUT2D eigenvalue weighted by Crippen LogP contribution is -2.36. The summed E-state index contributed by atoms with van der Waals surface area (Å²) in [5.41, 5.74) is 1.18. The second kappa shape index (κ2) is 9.38. The summed E-state index contributed by atoms with van der Waals surface area (Å²) in [6.07, 6.45) is 0. The first-order chi connectivity index (χ1) is 14.7. The van der Waals surface area contributed by atoms with Crippen LogP contribution in [0.1, 0.15) is 33.0 Å². The van der Waals surface area contributed by atoms with E-state index in [2.05, 4.69) is 20.5 Å². The number of alkyl halides is 2. The monoisotopic (exact) mass is 444 g/mol. The van der Waals surface area contributed by atoms with Crippen LogP contribution in [0.25, 0.3) is 0 Å². The van der Waals surface area contributed by atoms with Crippen molar-refractivity contribution in [2.75, 3.05) is 13.7 Å². The highest BCUT2D eigenvalue weighted by Gasteiger charge is 2.34. The number of nitrogens with zero attached hydrogens (tertiary/aromatic N) is 3. The van der Waals surface area contributed by atoms with Gasteiger partial charge in [0.2, 0.25) is 0 Å². The van der Waals surface area contributed by atoms with Crippen molar-refractivity contribution in [1.29, 1.82) is 0 Å². The van der Waals surface area contributed by atoms with Crippen LogP contribution in [0.5, 0.6) is 5.75 Å². The minimum Gasteiger partial charge on any atom is -0.497 e. The van der Waals surface area contributed by atoms with Crippen LogP contribution in [-0.4, -0.2) is 34.7 Å². The Balaban J connectivity index is 1.80. The van der Waals surface area contributed by atoms with E-state index in [0.717, 1.165) is 22.2 Å². The molecular weight excluding hydrogens is 422 g/mol. The van der Waals surface area contributed by atoms with Crippen molar-refractivity contribution in [3.63, 3.8) is 0 Å². The summed E-state index contributed by atoms with van der Waals surface area (Å²) < 4.78 is 34.7. The molecule has 2 aromatic carbocycles. The Morgan fingerprint density at radius 2 is 1.90 bits per heavy atom. The average molecular weight is 445 g/mol. The maximum Gasteiger partial charge on any atom is 0.290 e. The molecule has 0 aliphatic carbocycles. The Morgan fingerprint density at radius 3 is 2.61 bits per heavy atom. The number of amides is 1. The van der Waals surface area contributed by atoms with Crippen molar-refractivity contribution >= 4 is 17.7 Å². The zero-order valence-electron chi connectivity index (χ0n) is 17.6. The molecule has 31 heavy (non-hydrogen) atoms. The van der Waals surface area contributed by atoms with Crippen LogP contribution < -0.4 is 10.1 Å². The molecule has 3 rings (SSSR count). The Morgan fingerprint density at radius 1 is 1.13 bits per heavy atom. The predicted molar refractivity (Wildman–Crippen MR) is 114 cm³/mol. The number of carbonyl (C=O) groups is 1. The molecule has 0 aliphatic heterocycles. The number of benzene rings is 2. The number of hydrogen-bond donors (Lipinski definition) is 1. The van der Waals surface area contributed by atoms with Crippen molar-refractivity contribution in [2.24, 2.45) is 0 Å². The van der Waals surface area contributed by atoms with Gasteiger partial charge in [0.1, 0.15) is 11.6 Å². The van der Waals surface area contributed by atoms with Crippen molar-refractivity contribution in [3.05, 3.63) is 70.7 Å². The smallest absolute Gasteiger partial charge is 0.290 e. The largest absolute Gasteiger partial charge is 0.497 e. The summed E-state index contributed by atoms with van der Waals surface area (Å²) in [4.78, 5) is 17.6. The second-order valence-electron chi connectivity index (χ2n) is 7.00. The standard InChI is InChI=1S/C22H22F2N4O2S/c1-13-8-9-18(14(2)10-13)22(23,24)12-25-20(29)19-21(28-27-15(3)26-19)31-17-7-5-6-16(11-17)30-4/h5-11H,12H2,1-4H3,(H,25,29). The molecule has 1 N–H and O–H groups in total. The highest BCUT2D eigenvalue weighted by molar-refractivity contribution is 7.99. The summed E-state index contributed by atoms with van der Waals surface area (Å²) in [5, 5.41) is 10.4. The van der Waals surface area contributed by atoms with Crippen molar-refractivity contribution < 1.29 is 18.3 Å². The number of carbonyl (C=O) groups excluding carboxylic acids is 1. The highest BCUT2D eigenvalue weighted by Crippen LogP contribution is 2.32. The minimum atomic E-state index is -3.23. The summed E-state index contributed by atoms with van der Waals surface area (Å²) in [5.74, 6) is -3.07. The van der Waals surface area contributed by atoms with Crippen LogP contribution in [0, 0.1) is 20.8 Å². The van der Waals surface area contributed by atoms with Crippen LogP contribution in [-0.2, 0) is 5.92 Å². The SMILES string of the molecule is COc1cccc(Sc2nnc(C)nc2C(=O)NCC(F)(F)c2ccc(C)cc2C)c1. The van der Waals surface area contributed by atoms with Gasteiger partial charge in [0.25, 0.3) is 11.8 Å². The van der Waals surface area contributed by atoms with Gasteiger partial charge >= 0.3 is 0 Å². The van der Waals surface area contributed by atoms with Crippen molar-refractivity contribution in [1.82, 2.24) is 20.5 Å². The molecule has 0 atom stereocenters. The van der Waals surface area contributed by atoms with Crippen LogP contribution >= 0.6 is 11.8 Å². The third kappa shape index (κ3) is 5.55. The fourth-order valence-electron chi connectivity index (χ4n) is 2.98. The third-order valence-corrected chi connectivity index (χ3v) is 5.44. The van der Waals surface area contributed by atoms with E-state index in [1.807, 2.05) is 13.0 Å². The number of aryl methyl sites for hydroxylation is 3. The Hall–Kier alpha value is -3.07. The molecule has 9 heteroatoms. The third-order valence-electron chi connectivity index (χ3n) is 4.48. The Bertz CT molecular complexity index is 1110. The minimum absolute atomic E-state index is 0.0586. The molecule has 0 aliphatic rings. The zero-order valence-corrected chi connectivity index (χ0v) is 18.4. The molecule has 0 fully saturated rings. The molecule has 1 amide bonds. The van der Waals surface area contributed by atoms with Gasteiger partial charge in [-0.3, -0.25) is 4.79 Å². The van der Waals surface area contributed by atoms with Gasteiger partial charge in [-0.2, -0.15) is 8.78 Å². The van der Waals surface area contributed by atoms with E-state index in [4.69, 9.17) is 4.74 Å². The van der Waals surface area contributed by atoms with Gasteiger partial charge in [0.05, 0.1) is 13.7 Å². The number of halogens is 2. The Labute approximate surface area is 183 Å². The summed E-state index contributed by atoms with van der Waals surface area (Å²) in [6.45, 7) is 4.18. The topological polar surface area (TPSA) is 77.0 Å². The Kier molecular flexibility index (Phi) is 6.84. The summed E-state index contributed by atoms with van der Waals surface area (Å²) in [6, 6.07) is 11.8. The fraction of sp³-hybridized carbons (Fsp3) is 0.273.